The van der Waals surface area contributed by atoms with E-state index in [1.165, 1.54) is 17.9 Å². The van der Waals surface area contributed by atoms with Gasteiger partial charge in [-0.1, -0.05) is 0 Å². The fourth-order valence-corrected chi connectivity index (χ4v) is 4.48. The Balaban J connectivity index is 1.39. The number of aliphatic hydroxyl groups excluding tert-OH is 2. The highest BCUT2D eigenvalue weighted by Crippen LogP contribution is 2.54. The average molecular weight is 393 g/mol. The van der Waals surface area contributed by atoms with Crippen LogP contribution < -0.4 is 15.1 Å². The number of piperidine rings is 1. The molecule has 9 heteroatoms. The molecule has 0 radical (unpaired) electrons. The van der Waals surface area contributed by atoms with Gasteiger partial charge < -0.3 is 25.2 Å². The van der Waals surface area contributed by atoms with Crippen LogP contribution in [0.25, 0.3) is 0 Å². The quantitative estimate of drug-likeness (QED) is 0.644. The SMILES string of the molecule is CC(=O)NC[C@H]1CN(c2ccc(N3C[C@@H]4C(C(O)CO)[C@@H]4C3)c(F)c2)C(=O)O1. The summed E-state index contributed by atoms with van der Waals surface area (Å²) in [5.74, 6) is 0.0376. The molecule has 3 aliphatic rings. The van der Waals surface area contributed by atoms with E-state index >= 15 is 0 Å². The lowest BCUT2D eigenvalue weighted by atomic mass is 10.1. The molecule has 152 valence electrons. The first-order valence-electron chi connectivity index (χ1n) is 9.45. The molecule has 1 saturated carbocycles. The molecule has 2 saturated heterocycles. The molecule has 4 rings (SSSR count). The first-order chi connectivity index (χ1) is 13.4. The van der Waals surface area contributed by atoms with Gasteiger partial charge in [0.05, 0.1) is 37.2 Å². The number of nitrogens with zero attached hydrogens (tertiary/aromatic N) is 2. The molecule has 3 N–H and O–H groups in total. The average Bonchev–Trinajstić information content (AvgIpc) is 2.99. The molecule has 28 heavy (non-hydrogen) atoms. The summed E-state index contributed by atoms with van der Waals surface area (Å²) >= 11 is 0. The van der Waals surface area contributed by atoms with E-state index < -0.39 is 24.1 Å². The molecule has 0 bridgehead atoms. The van der Waals surface area contributed by atoms with Crippen molar-refractivity contribution in [2.75, 3.05) is 42.6 Å². The minimum atomic E-state index is -0.698. The molecular weight excluding hydrogens is 369 g/mol. The van der Waals surface area contributed by atoms with Crippen molar-refractivity contribution in [2.24, 2.45) is 17.8 Å². The third kappa shape index (κ3) is 3.40. The molecule has 2 amide bonds. The zero-order valence-corrected chi connectivity index (χ0v) is 15.5. The molecular formula is C19H24FN3O5. The lowest BCUT2D eigenvalue weighted by Gasteiger charge is -2.24. The van der Waals surface area contributed by atoms with E-state index in [0.717, 1.165) is 0 Å². The summed E-state index contributed by atoms with van der Waals surface area (Å²) in [5.41, 5.74) is 0.880. The van der Waals surface area contributed by atoms with Gasteiger partial charge >= 0.3 is 6.09 Å². The van der Waals surface area contributed by atoms with Crippen molar-refractivity contribution in [2.45, 2.75) is 19.1 Å². The fraction of sp³-hybridized carbons (Fsp3) is 0.579. The second kappa shape index (κ2) is 7.21. The number of halogens is 1. The highest BCUT2D eigenvalue weighted by atomic mass is 19.1. The van der Waals surface area contributed by atoms with Crippen LogP contribution in [0.4, 0.5) is 20.6 Å². The van der Waals surface area contributed by atoms with E-state index in [1.54, 1.807) is 12.1 Å². The van der Waals surface area contributed by atoms with Crippen molar-refractivity contribution in [1.29, 1.82) is 0 Å². The van der Waals surface area contributed by atoms with Crippen LogP contribution in [0.5, 0.6) is 0 Å². The molecule has 1 aromatic rings. The van der Waals surface area contributed by atoms with Gasteiger partial charge in [0, 0.05) is 20.0 Å². The summed E-state index contributed by atoms with van der Waals surface area (Å²) in [6, 6.07) is 4.66. The lowest BCUT2D eigenvalue weighted by Crippen LogP contribution is -2.33. The predicted octanol–water partition coefficient (Wildman–Crippen LogP) is 0.322. The van der Waals surface area contributed by atoms with Crippen LogP contribution >= 0.6 is 0 Å². The Morgan fingerprint density at radius 3 is 2.68 bits per heavy atom. The Bertz CT molecular complexity index is 779. The van der Waals surface area contributed by atoms with E-state index in [1.807, 2.05) is 4.90 Å². The number of hydrogen-bond acceptors (Lipinski definition) is 6. The maximum Gasteiger partial charge on any atom is 0.414 e. The predicted molar refractivity (Wildman–Crippen MR) is 98.5 cm³/mol. The van der Waals surface area contributed by atoms with Gasteiger partial charge in [0.25, 0.3) is 0 Å². The van der Waals surface area contributed by atoms with Gasteiger partial charge in [0.2, 0.25) is 5.91 Å². The topological polar surface area (TPSA) is 102 Å². The van der Waals surface area contributed by atoms with Crippen molar-refractivity contribution in [3.8, 4) is 0 Å². The molecule has 0 spiro atoms. The smallest absolute Gasteiger partial charge is 0.414 e. The number of amides is 2. The van der Waals surface area contributed by atoms with Crippen LogP contribution in [-0.4, -0.2) is 67.2 Å². The van der Waals surface area contributed by atoms with E-state index in [0.29, 0.717) is 24.5 Å². The van der Waals surface area contributed by atoms with Crippen LogP contribution in [0.3, 0.4) is 0 Å². The van der Waals surface area contributed by atoms with Crippen LogP contribution in [0.1, 0.15) is 6.92 Å². The second-order valence-electron chi connectivity index (χ2n) is 7.75. The molecule has 2 heterocycles. The summed E-state index contributed by atoms with van der Waals surface area (Å²) in [6.45, 7) is 2.90. The summed E-state index contributed by atoms with van der Waals surface area (Å²) in [6.07, 6.45) is -1.73. The van der Waals surface area contributed by atoms with Crippen LogP contribution in [0.2, 0.25) is 0 Å². The number of cyclic esters (lactones) is 1. The number of hydrogen-bond donors (Lipinski definition) is 3. The standard InChI is InChI=1S/C19H24FN3O5/c1-10(25)21-5-12-6-23(19(27)28-12)11-2-3-16(15(20)4-11)22-7-13-14(8-22)18(13)17(26)9-24/h2-4,12-14,17-18,24,26H,5-9H2,1H3,(H,21,25)/t12-,13-,14+,17?,18?/m0/s1. The van der Waals surface area contributed by atoms with Crippen LogP contribution in [-0.2, 0) is 9.53 Å². The number of carbonyl (C=O) groups is 2. The highest BCUT2D eigenvalue weighted by Gasteiger charge is 2.58. The van der Waals surface area contributed by atoms with Crippen molar-refractivity contribution in [3.63, 3.8) is 0 Å². The Hall–Kier alpha value is -2.39. The van der Waals surface area contributed by atoms with E-state index in [-0.39, 0.29) is 43.4 Å². The normalized spacial score (nSPS) is 29.5. The van der Waals surface area contributed by atoms with E-state index in [2.05, 4.69) is 5.32 Å². The monoisotopic (exact) mass is 393 g/mol. The van der Waals surface area contributed by atoms with Crippen molar-refractivity contribution < 1.29 is 28.9 Å². The third-order valence-corrected chi connectivity index (χ3v) is 5.93. The molecule has 2 unspecified atom stereocenters. The lowest BCUT2D eigenvalue weighted by molar-refractivity contribution is -0.119. The maximum absolute atomic E-state index is 14.7. The van der Waals surface area contributed by atoms with E-state index in [9.17, 15) is 19.1 Å². The van der Waals surface area contributed by atoms with Gasteiger partial charge in [-0.15, -0.1) is 0 Å². The molecule has 1 aliphatic carbocycles. The Morgan fingerprint density at radius 2 is 2.07 bits per heavy atom. The second-order valence-corrected chi connectivity index (χ2v) is 7.75. The number of fused-ring (bicyclic) bond motifs is 1. The molecule has 5 atom stereocenters. The minimum Gasteiger partial charge on any atom is -0.442 e. The van der Waals surface area contributed by atoms with Gasteiger partial charge in [0.15, 0.2) is 0 Å². The van der Waals surface area contributed by atoms with Gasteiger partial charge in [-0.2, -0.15) is 0 Å². The molecule has 0 aromatic heterocycles. The van der Waals surface area contributed by atoms with Crippen molar-refractivity contribution >= 4 is 23.4 Å². The minimum absolute atomic E-state index is 0.100. The summed E-state index contributed by atoms with van der Waals surface area (Å²) in [5, 5.41) is 21.5. The van der Waals surface area contributed by atoms with E-state index in [4.69, 9.17) is 9.84 Å². The van der Waals surface area contributed by atoms with Gasteiger partial charge in [0.1, 0.15) is 11.9 Å². The first-order valence-corrected chi connectivity index (χ1v) is 9.45. The summed E-state index contributed by atoms with van der Waals surface area (Å²) in [7, 11) is 0. The van der Waals surface area contributed by atoms with Gasteiger partial charge in [-0.05, 0) is 36.0 Å². The largest absolute Gasteiger partial charge is 0.442 e. The Kier molecular flexibility index (Phi) is 4.88. The molecule has 8 nitrogen and oxygen atoms in total. The van der Waals surface area contributed by atoms with Crippen molar-refractivity contribution in [3.05, 3.63) is 24.0 Å². The number of carbonyl (C=O) groups excluding carboxylic acids is 2. The molecule has 1 aromatic carbocycles. The number of benzene rings is 1. The maximum atomic E-state index is 14.7. The van der Waals surface area contributed by atoms with Crippen LogP contribution in [0, 0.1) is 23.6 Å². The van der Waals surface area contributed by atoms with Gasteiger partial charge in [-0.3, -0.25) is 9.69 Å². The highest BCUT2D eigenvalue weighted by molar-refractivity contribution is 5.90. The number of nitrogens with one attached hydrogen (secondary N) is 1. The van der Waals surface area contributed by atoms with Crippen molar-refractivity contribution in [1.82, 2.24) is 5.32 Å². The third-order valence-electron chi connectivity index (χ3n) is 5.93. The van der Waals surface area contributed by atoms with Gasteiger partial charge in [-0.25, -0.2) is 9.18 Å². The Morgan fingerprint density at radius 1 is 1.36 bits per heavy atom. The zero-order valence-electron chi connectivity index (χ0n) is 15.5. The van der Waals surface area contributed by atoms with Crippen LogP contribution in [0.15, 0.2) is 18.2 Å². The zero-order chi connectivity index (χ0) is 20.0. The number of anilines is 2. The Labute approximate surface area is 161 Å². The summed E-state index contributed by atoms with van der Waals surface area (Å²) < 4.78 is 19.9. The first kappa shape index (κ1) is 18.9. The molecule has 2 aliphatic heterocycles. The number of rotatable bonds is 6. The molecule has 3 fully saturated rings. The number of aliphatic hydroxyl groups is 2. The number of ether oxygens (including phenoxy) is 1. The summed E-state index contributed by atoms with van der Waals surface area (Å²) in [4.78, 5) is 26.4. The fourth-order valence-electron chi connectivity index (χ4n) is 4.48.